The molecule has 0 aliphatic heterocycles. The van der Waals surface area contributed by atoms with Crippen LogP contribution in [-0.2, 0) is 4.74 Å². The Morgan fingerprint density at radius 2 is 1.68 bits per heavy atom. The van der Waals surface area contributed by atoms with Crippen LogP contribution in [-0.4, -0.2) is 38.4 Å². The lowest BCUT2D eigenvalue weighted by atomic mass is 9.47. The van der Waals surface area contributed by atoms with E-state index in [2.05, 4.69) is 46.0 Å². The van der Waals surface area contributed by atoms with Crippen molar-refractivity contribution in [1.29, 1.82) is 0 Å². The lowest BCUT2D eigenvalue weighted by Gasteiger charge is -2.58. The average molecular weight is 575 g/mol. The molecule has 6 heteroatoms. The first-order valence-electron chi connectivity index (χ1n) is 17.3. The second-order valence-corrected chi connectivity index (χ2v) is 15.0. The molecule has 0 bridgehead atoms. The number of unbranched alkanes of at least 4 members (excludes halogenated alkanes) is 1. The highest BCUT2D eigenvalue weighted by molar-refractivity contribution is 5.64. The molecule has 4 aliphatic carbocycles. The summed E-state index contributed by atoms with van der Waals surface area (Å²) in [5.74, 6) is 5.20. The van der Waals surface area contributed by atoms with Gasteiger partial charge in [-0.1, -0.05) is 65.5 Å². The summed E-state index contributed by atoms with van der Waals surface area (Å²) in [7, 11) is 0. The highest BCUT2D eigenvalue weighted by atomic mass is 16.6. The van der Waals surface area contributed by atoms with E-state index in [0.717, 1.165) is 93.8 Å². The van der Waals surface area contributed by atoms with Crippen LogP contribution in [0.15, 0.2) is 11.6 Å². The maximum Gasteiger partial charge on any atom is 0.404 e. The predicted molar refractivity (Wildman–Crippen MR) is 172 cm³/mol. The van der Waals surface area contributed by atoms with Crippen molar-refractivity contribution < 1.29 is 9.53 Å². The monoisotopic (exact) mass is 575 g/mol. The fourth-order valence-corrected chi connectivity index (χ4v) is 9.66. The number of ether oxygens (including phenoxy) is 1. The number of carbonyl (C=O) groups excluding carboxylic acids is 1. The zero-order valence-electron chi connectivity index (χ0n) is 27.4. The number of hydrogen-bond donors (Lipinski definition) is 4. The first-order chi connectivity index (χ1) is 19.6. The lowest BCUT2D eigenvalue weighted by Crippen LogP contribution is -2.51. The van der Waals surface area contributed by atoms with Crippen molar-refractivity contribution in [2.75, 3.05) is 26.2 Å². The average Bonchev–Trinajstić information content (AvgIpc) is 3.28. The van der Waals surface area contributed by atoms with Crippen LogP contribution in [0.2, 0.25) is 0 Å². The summed E-state index contributed by atoms with van der Waals surface area (Å²) in [5.41, 5.74) is 18.4. The Balaban J connectivity index is 0.000000397. The van der Waals surface area contributed by atoms with Gasteiger partial charge in [-0.2, -0.15) is 0 Å². The van der Waals surface area contributed by atoms with E-state index in [1.54, 1.807) is 5.57 Å². The topological polar surface area (TPSA) is 116 Å². The molecule has 238 valence electrons. The molecule has 3 fully saturated rings. The van der Waals surface area contributed by atoms with Crippen LogP contribution in [0.3, 0.4) is 0 Å². The van der Waals surface area contributed by atoms with Crippen molar-refractivity contribution in [2.24, 2.45) is 63.5 Å². The molecule has 7 N–H and O–H groups in total. The van der Waals surface area contributed by atoms with E-state index < -0.39 is 6.09 Å². The molecule has 4 rings (SSSR count). The number of primary amides is 1. The van der Waals surface area contributed by atoms with E-state index in [4.69, 9.17) is 21.9 Å². The third-order valence-electron chi connectivity index (χ3n) is 11.9. The smallest absolute Gasteiger partial charge is 0.404 e. The molecule has 41 heavy (non-hydrogen) atoms. The molecule has 0 radical (unpaired) electrons. The number of hydrogen-bond acceptors (Lipinski definition) is 5. The zero-order chi connectivity index (χ0) is 30.0. The van der Waals surface area contributed by atoms with E-state index in [0.29, 0.717) is 10.8 Å². The lowest BCUT2D eigenvalue weighted by molar-refractivity contribution is -0.0578. The normalized spacial score (nSPS) is 34.9. The quantitative estimate of drug-likeness (QED) is 0.138. The van der Waals surface area contributed by atoms with Gasteiger partial charge in [0.15, 0.2) is 0 Å². The standard InChI is InChI=1S/C28H47NO2.C7H19N3/c1-18(2)7-6-8-19(3)23-11-12-24-22-10-9-20-17-21(31-26(29)30)13-15-27(20,4)25(22)14-16-28(23,24)5;8-4-1-2-6-10-7-3-5-9/h9,18-19,21-25H,6-8,10-17H2,1-5H3,(H2,29,30);10H,1-9H2/t19-,21+,22+,23-,24+,25+,27+,28-;/m1./s1. The number of nitrogens with two attached hydrogens (primary N) is 3. The molecule has 0 saturated heterocycles. The Kier molecular flexibility index (Phi) is 13.5. The van der Waals surface area contributed by atoms with Crippen LogP contribution < -0.4 is 22.5 Å². The van der Waals surface area contributed by atoms with Gasteiger partial charge in [0.05, 0.1) is 0 Å². The molecule has 0 aromatic carbocycles. The summed E-state index contributed by atoms with van der Waals surface area (Å²) in [4.78, 5) is 11.3. The molecule has 0 unspecified atom stereocenters. The third kappa shape index (κ3) is 8.72. The molecule has 8 atom stereocenters. The summed E-state index contributed by atoms with van der Waals surface area (Å²) in [5, 5.41) is 3.29. The van der Waals surface area contributed by atoms with Crippen LogP contribution in [0.1, 0.15) is 125 Å². The second-order valence-electron chi connectivity index (χ2n) is 15.0. The highest BCUT2D eigenvalue weighted by Crippen LogP contribution is 2.67. The number of carbonyl (C=O) groups is 1. The number of fused-ring (bicyclic) bond motifs is 5. The van der Waals surface area contributed by atoms with Gasteiger partial charge in [-0.25, -0.2) is 4.79 Å². The Bertz CT molecular complexity index is 823. The van der Waals surface area contributed by atoms with E-state index in [1.807, 2.05) is 0 Å². The van der Waals surface area contributed by atoms with Crippen LogP contribution in [0.25, 0.3) is 0 Å². The predicted octanol–water partition coefficient (Wildman–Crippen LogP) is 7.16. The minimum absolute atomic E-state index is 0.00946. The van der Waals surface area contributed by atoms with Gasteiger partial charge in [0.25, 0.3) is 0 Å². The summed E-state index contributed by atoms with van der Waals surface area (Å²) in [6.45, 7) is 16.2. The van der Waals surface area contributed by atoms with Gasteiger partial charge in [-0.15, -0.1) is 0 Å². The molecular formula is C35H66N4O2. The Morgan fingerprint density at radius 1 is 0.951 bits per heavy atom. The molecule has 0 heterocycles. The Labute approximate surface area is 252 Å². The van der Waals surface area contributed by atoms with Gasteiger partial charge in [-0.3, -0.25) is 0 Å². The van der Waals surface area contributed by atoms with Crippen molar-refractivity contribution >= 4 is 6.09 Å². The molecule has 3 saturated carbocycles. The number of allylic oxidation sites excluding steroid dienone is 1. The van der Waals surface area contributed by atoms with Gasteiger partial charge < -0.3 is 27.3 Å². The Hall–Kier alpha value is -1.11. The van der Waals surface area contributed by atoms with Gasteiger partial charge in [-0.05, 0) is 137 Å². The maximum absolute atomic E-state index is 11.3. The first-order valence-corrected chi connectivity index (χ1v) is 17.3. The van der Waals surface area contributed by atoms with Crippen molar-refractivity contribution in [3.8, 4) is 0 Å². The van der Waals surface area contributed by atoms with Crippen LogP contribution in [0.5, 0.6) is 0 Å². The summed E-state index contributed by atoms with van der Waals surface area (Å²) in [6, 6.07) is 0. The maximum atomic E-state index is 11.3. The first kappa shape index (κ1) is 34.4. The van der Waals surface area contributed by atoms with Crippen molar-refractivity contribution in [1.82, 2.24) is 5.32 Å². The highest BCUT2D eigenvalue weighted by Gasteiger charge is 2.59. The summed E-state index contributed by atoms with van der Waals surface area (Å²) < 4.78 is 5.39. The molecule has 1 amide bonds. The fraction of sp³-hybridized carbons (Fsp3) is 0.914. The van der Waals surface area contributed by atoms with Crippen molar-refractivity contribution in [3.05, 3.63) is 11.6 Å². The molecule has 0 aromatic heterocycles. The summed E-state index contributed by atoms with van der Waals surface area (Å²) in [6.07, 6.45) is 19.5. The minimum Gasteiger partial charge on any atom is -0.446 e. The number of amides is 1. The molecular weight excluding hydrogens is 508 g/mol. The van der Waals surface area contributed by atoms with Gasteiger partial charge in [0.2, 0.25) is 0 Å². The zero-order valence-corrected chi connectivity index (χ0v) is 27.4. The molecule has 0 spiro atoms. The Morgan fingerprint density at radius 3 is 2.37 bits per heavy atom. The molecule has 0 aromatic rings. The van der Waals surface area contributed by atoms with Crippen molar-refractivity contribution in [2.45, 2.75) is 131 Å². The number of rotatable bonds is 13. The number of nitrogens with one attached hydrogen (secondary N) is 1. The third-order valence-corrected chi connectivity index (χ3v) is 11.9. The van der Waals surface area contributed by atoms with E-state index in [9.17, 15) is 4.79 Å². The van der Waals surface area contributed by atoms with Gasteiger partial charge in [0, 0.05) is 6.42 Å². The van der Waals surface area contributed by atoms with E-state index in [1.165, 1.54) is 57.8 Å². The second kappa shape index (κ2) is 16.1. The van der Waals surface area contributed by atoms with Crippen LogP contribution in [0.4, 0.5) is 4.79 Å². The summed E-state index contributed by atoms with van der Waals surface area (Å²) >= 11 is 0. The molecule has 6 nitrogen and oxygen atoms in total. The SMILES string of the molecule is CC(C)CCC[C@@H](C)[C@H]1CC[C@H]2[C@@H]3CC=C4C[C@@H](OC(N)=O)CC[C@]4(C)[C@H]3CC[C@]12C.NCCCCNCCCN. The largest absolute Gasteiger partial charge is 0.446 e. The van der Waals surface area contributed by atoms with Gasteiger partial charge >= 0.3 is 6.09 Å². The van der Waals surface area contributed by atoms with E-state index in [-0.39, 0.29) is 6.10 Å². The van der Waals surface area contributed by atoms with Crippen LogP contribution >= 0.6 is 0 Å². The van der Waals surface area contributed by atoms with E-state index >= 15 is 0 Å². The van der Waals surface area contributed by atoms with Crippen molar-refractivity contribution in [3.63, 3.8) is 0 Å². The fourth-order valence-electron chi connectivity index (χ4n) is 9.66. The van der Waals surface area contributed by atoms with Crippen LogP contribution in [0, 0.1) is 46.3 Å². The molecule has 4 aliphatic rings. The minimum atomic E-state index is -0.615. The van der Waals surface area contributed by atoms with Gasteiger partial charge in [0.1, 0.15) is 6.10 Å².